The van der Waals surface area contributed by atoms with Crippen molar-refractivity contribution in [2.45, 2.75) is 32.7 Å². The maximum absolute atomic E-state index is 12.3. The van der Waals surface area contributed by atoms with Crippen molar-refractivity contribution in [3.8, 4) is 0 Å². The normalized spacial score (nSPS) is 11.8. The van der Waals surface area contributed by atoms with E-state index in [2.05, 4.69) is 5.32 Å². The maximum Gasteiger partial charge on any atom is 0.293 e. The molecule has 0 aliphatic heterocycles. The highest BCUT2D eigenvalue weighted by Crippen LogP contribution is 2.09. The minimum Gasteiger partial charge on any atom is -0.394 e. The molecule has 0 spiro atoms. The Hall–Kier alpha value is -1.73. The quantitative estimate of drug-likeness (QED) is 0.525. The van der Waals surface area contributed by atoms with Crippen LogP contribution in [-0.4, -0.2) is 53.3 Å². The maximum atomic E-state index is 12.3. The second-order valence-corrected chi connectivity index (χ2v) is 5.79. The van der Waals surface area contributed by atoms with E-state index < -0.39 is 24.3 Å². The van der Waals surface area contributed by atoms with Gasteiger partial charge in [-0.25, -0.2) is 0 Å². The van der Waals surface area contributed by atoms with Crippen molar-refractivity contribution in [2.24, 2.45) is 0 Å². The zero-order chi connectivity index (χ0) is 16.5. The third-order valence-corrected chi connectivity index (χ3v) is 3.90. The molecule has 1 rings (SSSR count). The van der Waals surface area contributed by atoms with E-state index >= 15 is 0 Å². The first-order chi connectivity index (χ1) is 10.5. The van der Waals surface area contributed by atoms with Crippen molar-refractivity contribution in [2.75, 3.05) is 19.7 Å². The van der Waals surface area contributed by atoms with Crippen LogP contribution in [0.25, 0.3) is 0 Å². The lowest BCUT2D eigenvalue weighted by atomic mass is 10.2. The molecule has 22 heavy (non-hydrogen) atoms. The van der Waals surface area contributed by atoms with Crippen molar-refractivity contribution in [3.05, 3.63) is 22.4 Å². The number of ketones is 1. The Morgan fingerprint density at radius 2 is 1.91 bits per heavy atom. The molecule has 1 aromatic heterocycles. The van der Waals surface area contributed by atoms with E-state index in [1.807, 2.05) is 13.8 Å². The van der Waals surface area contributed by atoms with Crippen molar-refractivity contribution < 1.29 is 19.5 Å². The topological polar surface area (TPSA) is 86.7 Å². The Labute approximate surface area is 134 Å². The molecule has 6 nitrogen and oxygen atoms in total. The predicted molar refractivity (Wildman–Crippen MR) is 84.8 cm³/mol. The van der Waals surface area contributed by atoms with E-state index in [1.54, 1.807) is 22.4 Å². The Morgan fingerprint density at radius 3 is 2.36 bits per heavy atom. The molecule has 0 aliphatic carbocycles. The number of amides is 2. The molecular weight excluding hydrogens is 304 g/mol. The summed E-state index contributed by atoms with van der Waals surface area (Å²) in [6.45, 7) is 4.47. The second kappa shape index (κ2) is 9.32. The summed E-state index contributed by atoms with van der Waals surface area (Å²) < 4.78 is 0. The summed E-state index contributed by atoms with van der Waals surface area (Å²) in [6, 6.07) is 2.13. The van der Waals surface area contributed by atoms with Crippen LogP contribution in [-0.2, 0) is 9.59 Å². The number of aliphatic hydroxyl groups excluding tert-OH is 1. The van der Waals surface area contributed by atoms with Gasteiger partial charge in [0, 0.05) is 13.1 Å². The smallest absolute Gasteiger partial charge is 0.293 e. The van der Waals surface area contributed by atoms with E-state index in [1.165, 1.54) is 0 Å². The van der Waals surface area contributed by atoms with Crippen LogP contribution in [0.5, 0.6) is 0 Å². The average molecular weight is 326 g/mol. The molecule has 0 saturated heterocycles. The van der Waals surface area contributed by atoms with E-state index in [4.69, 9.17) is 0 Å². The molecule has 1 aromatic rings. The fourth-order valence-electron chi connectivity index (χ4n) is 2.02. The van der Waals surface area contributed by atoms with E-state index in [0.717, 1.165) is 24.2 Å². The number of aliphatic hydroxyl groups is 1. The van der Waals surface area contributed by atoms with Gasteiger partial charge >= 0.3 is 0 Å². The molecule has 0 saturated carbocycles. The molecule has 1 atom stereocenters. The lowest BCUT2D eigenvalue weighted by Crippen LogP contribution is -2.52. The van der Waals surface area contributed by atoms with Crippen LogP contribution in [0.4, 0.5) is 0 Å². The number of thiophene rings is 1. The third kappa shape index (κ3) is 4.92. The zero-order valence-corrected chi connectivity index (χ0v) is 13.7. The number of carbonyl (C=O) groups is 3. The van der Waals surface area contributed by atoms with Crippen LogP contribution < -0.4 is 5.32 Å². The highest BCUT2D eigenvalue weighted by Gasteiger charge is 2.27. The number of nitrogens with one attached hydrogen (secondary N) is 1. The first-order valence-corrected chi connectivity index (χ1v) is 8.21. The van der Waals surface area contributed by atoms with Gasteiger partial charge in [0.25, 0.3) is 11.7 Å². The fourth-order valence-corrected chi connectivity index (χ4v) is 2.68. The number of Topliss-reactive ketones (excluding diaryl/α,β-unsaturated/α-hetero) is 1. The molecule has 0 aromatic carbocycles. The lowest BCUT2D eigenvalue weighted by Gasteiger charge is -2.26. The predicted octanol–water partition coefficient (Wildman–Crippen LogP) is 1.06. The standard InChI is InChI=1S/C15H22N2O4S/c1-3-7-17(8-4-2)15(21)11(10-18)16-14(20)13(19)12-6-5-9-22-12/h5-6,9,11,18H,3-4,7-8,10H2,1-2H3,(H,16,20)/t11-/m0/s1. The highest BCUT2D eigenvalue weighted by atomic mass is 32.1. The van der Waals surface area contributed by atoms with Crippen LogP contribution in [0.1, 0.15) is 36.4 Å². The van der Waals surface area contributed by atoms with Gasteiger partial charge in [-0.2, -0.15) is 0 Å². The Kier molecular flexibility index (Phi) is 7.76. The van der Waals surface area contributed by atoms with Crippen LogP contribution in [0.2, 0.25) is 0 Å². The van der Waals surface area contributed by atoms with Crippen LogP contribution in [0, 0.1) is 0 Å². The summed E-state index contributed by atoms with van der Waals surface area (Å²) in [6.07, 6.45) is 1.57. The molecule has 2 amide bonds. The number of nitrogens with zero attached hydrogens (tertiary/aromatic N) is 1. The molecule has 0 fully saturated rings. The SMILES string of the molecule is CCCN(CCC)C(=O)[C@H](CO)NC(=O)C(=O)c1cccs1. The molecular formula is C15H22N2O4S. The van der Waals surface area contributed by atoms with Gasteiger partial charge in [0.1, 0.15) is 6.04 Å². The first kappa shape index (κ1) is 18.3. The summed E-state index contributed by atoms with van der Waals surface area (Å²) in [4.78, 5) is 38.1. The zero-order valence-electron chi connectivity index (χ0n) is 12.9. The molecule has 0 unspecified atom stereocenters. The Bertz CT molecular complexity index is 496. The van der Waals surface area contributed by atoms with Gasteiger partial charge < -0.3 is 15.3 Å². The lowest BCUT2D eigenvalue weighted by molar-refractivity contribution is -0.136. The van der Waals surface area contributed by atoms with E-state index in [0.29, 0.717) is 18.0 Å². The van der Waals surface area contributed by atoms with E-state index in [9.17, 15) is 19.5 Å². The van der Waals surface area contributed by atoms with Crippen LogP contribution in [0.3, 0.4) is 0 Å². The van der Waals surface area contributed by atoms with Gasteiger partial charge in [0.05, 0.1) is 11.5 Å². The monoisotopic (exact) mass is 326 g/mol. The van der Waals surface area contributed by atoms with Crippen molar-refractivity contribution in [3.63, 3.8) is 0 Å². The third-order valence-electron chi connectivity index (χ3n) is 3.04. The first-order valence-electron chi connectivity index (χ1n) is 7.33. The largest absolute Gasteiger partial charge is 0.394 e. The Morgan fingerprint density at radius 1 is 1.27 bits per heavy atom. The second-order valence-electron chi connectivity index (χ2n) is 4.84. The van der Waals surface area contributed by atoms with Gasteiger partial charge in [0.15, 0.2) is 0 Å². The van der Waals surface area contributed by atoms with E-state index in [-0.39, 0.29) is 5.91 Å². The summed E-state index contributed by atoms with van der Waals surface area (Å²) in [5.74, 6) is -1.93. The summed E-state index contributed by atoms with van der Waals surface area (Å²) in [7, 11) is 0. The van der Waals surface area contributed by atoms with Crippen molar-refractivity contribution >= 4 is 28.9 Å². The van der Waals surface area contributed by atoms with Gasteiger partial charge in [0.2, 0.25) is 5.91 Å². The number of carbonyl (C=O) groups excluding carboxylic acids is 3. The summed E-state index contributed by atoms with van der Waals surface area (Å²) >= 11 is 1.16. The molecule has 122 valence electrons. The van der Waals surface area contributed by atoms with Gasteiger partial charge in [-0.3, -0.25) is 14.4 Å². The van der Waals surface area contributed by atoms with Gasteiger partial charge in [-0.1, -0.05) is 19.9 Å². The summed E-state index contributed by atoms with van der Waals surface area (Å²) in [5.41, 5.74) is 0. The average Bonchev–Trinajstić information content (AvgIpc) is 3.05. The van der Waals surface area contributed by atoms with Crippen molar-refractivity contribution in [1.82, 2.24) is 10.2 Å². The van der Waals surface area contributed by atoms with Crippen molar-refractivity contribution in [1.29, 1.82) is 0 Å². The van der Waals surface area contributed by atoms with Gasteiger partial charge in [-0.05, 0) is 24.3 Å². The van der Waals surface area contributed by atoms with Gasteiger partial charge in [-0.15, -0.1) is 11.3 Å². The highest BCUT2D eigenvalue weighted by molar-refractivity contribution is 7.13. The number of hydrogen-bond acceptors (Lipinski definition) is 5. The van der Waals surface area contributed by atoms with Crippen LogP contribution in [0.15, 0.2) is 17.5 Å². The number of hydrogen-bond donors (Lipinski definition) is 2. The molecule has 1 heterocycles. The fraction of sp³-hybridized carbons (Fsp3) is 0.533. The van der Waals surface area contributed by atoms with Crippen LogP contribution >= 0.6 is 11.3 Å². The minimum atomic E-state index is -1.09. The molecule has 0 aliphatic rings. The minimum absolute atomic E-state index is 0.306. The molecule has 0 radical (unpaired) electrons. The molecule has 2 N–H and O–H groups in total. The number of rotatable bonds is 9. The molecule has 0 bridgehead atoms. The Balaban J connectivity index is 2.72. The molecule has 7 heteroatoms. The summed E-state index contributed by atoms with van der Waals surface area (Å²) in [5, 5.41) is 13.4.